The number of fused-ring (bicyclic) bond motifs is 2. The molecule has 0 bridgehead atoms. The van der Waals surface area contributed by atoms with Gasteiger partial charge >= 0.3 is 0 Å². The van der Waals surface area contributed by atoms with Crippen molar-refractivity contribution in [3.63, 3.8) is 0 Å². The highest BCUT2D eigenvalue weighted by Crippen LogP contribution is 2.28. The van der Waals surface area contributed by atoms with Crippen LogP contribution in [-0.4, -0.2) is 9.55 Å². The number of para-hydroxylation sites is 2. The smallest absolute Gasteiger partial charge is 0.144 e. The van der Waals surface area contributed by atoms with Gasteiger partial charge in [-0.25, -0.2) is 9.37 Å². The quantitative estimate of drug-likeness (QED) is 0.387. The van der Waals surface area contributed by atoms with Crippen molar-refractivity contribution in [3.05, 3.63) is 102 Å². The van der Waals surface area contributed by atoms with Crippen LogP contribution in [0.4, 0.5) is 4.39 Å². The second kappa shape index (κ2) is 6.36. The van der Waals surface area contributed by atoms with Gasteiger partial charge in [0, 0.05) is 6.54 Å². The van der Waals surface area contributed by atoms with Crippen molar-refractivity contribution in [1.29, 1.82) is 0 Å². The van der Waals surface area contributed by atoms with Crippen molar-refractivity contribution < 1.29 is 4.39 Å². The summed E-state index contributed by atoms with van der Waals surface area (Å²) in [5, 5.41) is 2.41. The molecule has 4 aromatic carbocycles. The highest BCUT2D eigenvalue weighted by atomic mass is 19.1. The average Bonchev–Trinajstić information content (AvgIpc) is 3.06. The molecule has 0 atom stereocenters. The molecule has 1 aromatic heterocycles. The van der Waals surface area contributed by atoms with Crippen molar-refractivity contribution in [2.75, 3.05) is 0 Å². The highest BCUT2D eigenvalue weighted by Gasteiger charge is 2.15. The lowest BCUT2D eigenvalue weighted by atomic mass is 10.1. The molecule has 0 radical (unpaired) electrons. The molecule has 0 amide bonds. The van der Waals surface area contributed by atoms with E-state index < -0.39 is 0 Å². The summed E-state index contributed by atoms with van der Waals surface area (Å²) in [4.78, 5) is 4.73. The summed E-state index contributed by atoms with van der Waals surface area (Å²) in [6, 6.07) is 29.5. The van der Waals surface area contributed by atoms with Crippen LogP contribution in [0.3, 0.4) is 0 Å². The van der Waals surface area contributed by atoms with Crippen molar-refractivity contribution in [2.45, 2.75) is 6.54 Å². The Morgan fingerprint density at radius 1 is 0.741 bits per heavy atom. The van der Waals surface area contributed by atoms with E-state index in [0.29, 0.717) is 17.9 Å². The molecular formula is C24H17FN2. The van der Waals surface area contributed by atoms with Gasteiger partial charge in [-0.15, -0.1) is 0 Å². The van der Waals surface area contributed by atoms with Crippen LogP contribution >= 0.6 is 0 Å². The summed E-state index contributed by atoms with van der Waals surface area (Å²) in [6.45, 7) is 0.634. The van der Waals surface area contributed by atoms with Crippen LogP contribution in [0.1, 0.15) is 5.56 Å². The Morgan fingerprint density at radius 2 is 1.48 bits per heavy atom. The van der Waals surface area contributed by atoms with E-state index in [1.54, 1.807) is 12.1 Å². The summed E-state index contributed by atoms with van der Waals surface area (Å²) in [6.07, 6.45) is 0. The van der Waals surface area contributed by atoms with E-state index in [-0.39, 0.29) is 5.82 Å². The molecule has 0 fully saturated rings. The molecule has 1 heterocycles. The maximum atomic E-state index is 14.5. The number of hydrogen-bond donors (Lipinski definition) is 0. The Hall–Kier alpha value is -3.46. The molecule has 0 saturated carbocycles. The van der Waals surface area contributed by atoms with Gasteiger partial charge in [-0.1, -0.05) is 60.7 Å². The van der Waals surface area contributed by atoms with Crippen molar-refractivity contribution in [2.24, 2.45) is 0 Å². The normalized spacial score (nSPS) is 11.3. The lowest BCUT2D eigenvalue weighted by molar-refractivity contribution is 0.628. The molecule has 0 aliphatic carbocycles. The summed E-state index contributed by atoms with van der Waals surface area (Å²) in [7, 11) is 0. The summed E-state index contributed by atoms with van der Waals surface area (Å²) >= 11 is 0. The van der Waals surface area contributed by atoms with Crippen LogP contribution in [0.15, 0.2) is 91.0 Å². The van der Waals surface area contributed by atoms with Gasteiger partial charge < -0.3 is 4.57 Å². The van der Waals surface area contributed by atoms with Crippen molar-refractivity contribution >= 4 is 21.8 Å². The lowest BCUT2D eigenvalue weighted by Crippen LogP contribution is -2.03. The minimum atomic E-state index is -0.257. The van der Waals surface area contributed by atoms with E-state index in [1.165, 1.54) is 16.8 Å². The van der Waals surface area contributed by atoms with Crippen LogP contribution < -0.4 is 0 Å². The Morgan fingerprint density at radius 3 is 2.37 bits per heavy atom. The van der Waals surface area contributed by atoms with Crippen molar-refractivity contribution in [1.82, 2.24) is 9.55 Å². The SMILES string of the molecule is Fc1ccccc1-c1nc2ccccc2n1Cc1ccc2ccccc2c1. The van der Waals surface area contributed by atoms with Crippen LogP contribution in [0, 0.1) is 5.82 Å². The number of benzene rings is 4. The third kappa shape index (κ3) is 2.77. The lowest BCUT2D eigenvalue weighted by Gasteiger charge is -2.11. The minimum Gasteiger partial charge on any atom is -0.319 e. The maximum Gasteiger partial charge on any atom is 0.144 e. The minimum absolute atomic E-state index is 0.257. The van der Waals surface area contributed by atoms with Gasteiger partial charge in [-0.3, -0.25) is 0 Å². The van der Waals surface area contributed by atoms with Crippen LogP contribution in [0.5, 0.6) is 0 Å². The van der Waals surface area contributed by atoms with Crippen LogP contribution in [0.2, 0.25) is 0 Å². The first kappa shape index (κ1) is 15.8. The third-order valence-electron chi connectivity index (χ3n) is 4.92. The molecule has 0 spiro atoms. The standard InChI is InChI=1S/C24H17FN2/c25-21-10-4-3-9-20(21)24-26-22-11-5-6-12-23(22)27(24)16-17-13-14-18-7-1-2-8-19(18)15-17/h1-15H,16H2. The van der Waals surface area contributed by atoms with E-state index in [9.17, 15) is 4.39 Å². The number of rotatable bonds is 3. The second-order valence-corrected chi connectivity index (χ2v) is 6.67. The predicted molar refractivity (Wildman–Crippen MR) is 108 cm³/mol. The van der Waals surface area contributed by atoms with Crippen LogP contribution in [-0.2, 0) is 6.54 Å². The van der Waals surface area contributed by atoms with E-state index >= 15 is 0 Å². The van der Waals surface area contributed by atoms with Gasteiger partial charge in [-0.2, -0.15) is 0 Å². The first-order valence-corrected chi connectivity index (χ1v) is 8.97. The Balaban J connectivity index is 1.69. The average molecular weight is 352 g/mol. The number of nitrogens with zero attached hydrogens (tertiary/aromatic N) is 2. The Kier molecular flexibility index (Phi) is 3.72. The van der Waals surface area contributed by atoms with E-state index in [1.807, 2.05) is 42.5 Å². The van der Waals surface area contributed by atoms with Gasteiger partial charge in [0.25, 0.3) is 0 Å². The molecular weight excluding hydrogens is 335 g/mol. The summed E-state index contributed by atoms with van der Waals surface area (Å²) in [5.41, 5.74) is 3.56. The monoisotopic (exact) mass is 352 g/mol. The number of aromatic nitrogens is 2. The Labute approximate surface area is 156 Å². The number of halogens is 1. The summed E-state index contributed by atoms with van der Waals surface area (Å²) < 4.78 is 16.6. The molecule has 3 heteroatoms. The topological polar surface area (TPSA) is 17.8 Å². The maximum absolute atomic E-state index is 14.5. The van der Waals surface area contributed by atoms with Crippen LogP contribution in [0.25, 0.3) is 33.2 Å². The molecule has 0 aliphatic rings. The van der Waals surface area contributed by atoms with Gasteiger partial charge in [0.1, 0.15) is 11.6 Å². The number of imidazole rings is 1. The summed E-state index contributed by atoms with van der Waals surface area (Å²) in [5.74, 6) is 0.398. The van der Waals surface area contributed by atoms with E-state index in [2.05, 4.69) is 34.9 Å². The fourth-order valence-corrected chi connectivity index (χ4v) is 3.60. The molecule has 0 unspecified atom stereocenters. The highest BCUT2D eigenvalue weighted by molar-refractivity contribution is 5.84. The fraction of sp³-hybridized carbons (Fsp3) is 0.0417. The first-order valence-electron chi connectivity index (χ1n) is 8.97. The zero-order valence-electron chi connectivity index (χ0n) is 14.6. The zero-order chi connectivity index (χ0) is 18.2. The van der Waals surface area contributed by atoms with Crippen molar-refractivity contribution in [3.8, 4) is 11.4 Å². The second-order valence-electron chi connectivity index (χ2n) is 6.67. The van der Waals surface area contributed by atoms with Gasteiger partial charge in [0.15, 0.2) is 0 Å². The largest absolute Gasteiger partial charge is 0.319 e. The molecule has 130 valence electrons. The van der Waals surface area contributed by atoms with Gasteiger partial charge in [0.2, 0.25) is 0 Å². The molecule has 2 nitrogen and oxygen atoms in total. The molecule has 27 heavy (non-hydrogen) atoms. The first-order chi connectivity index (χ1) is 13.3. The molecule has 0 saturated heterocycles. The number of hydrogen-bond acceptors (Lipinski definition) is 1. The molecule has 0 N–H and O–H groups in total. The fourth-order valence-electron chi connectivity index (χ4n) is 3.60. The molecule has 5 rings (SSSR count). The van der Waals surface area contributed by atoms with E-state index in [0.717, 1.165) is 16.6 Å². The van der Waals surface area contributed by atoms with Gasteiger partial charge in [0.05, 0.1) is 16.6 Å². The third-order valence-corrected chi connectivity index (χ3v) is 4.92. The Bertz CT molecular complexity index is 1270. The predicted octanol–water partition coefficient (Wildman–Crippen LogP) is 6.04. The zero-order valence-corrected chi connectivity index (χ0v) is 14.6. The van der Waals surface area contributed by atoms with E-state index in [4.69, 9.17) is 4.98 Å². The molecule has 5 aromatic rings. The molecule has 0 aliphatic heterocycles. The van der Waals surface area contributed by atoms with Gasteiger partial charge in [-0.05, 0) is 46.7 Å².